The van der Waals surface area contributed by atoms with Crippen LogP contribution in [0.3, 0.4) is 0 Å². The van der Waals surface area contributed by atoms with Gasteiger partial charge in [0.25, 0.3) is 5.91 Å². The number of benzene rings is 1. The molecule has 1 heterocycles. The van der Waals surface area contributed by atoms with Gasteiger partial charge >= 0.3 is 0 Å². The van der Waals surface area contributed by atoms with Gasteiger partial charge in [0.05, 0.1) is 11.3 Å². The standard InChI is InChI=1S/C17H17N5O3S/c1-11-7-12(2)20-17(19-11)26-10-16(24)22-21-15(23)9-25-14-6-4-3-5-13(14)8-18/h3-7H,9-10H2,1-2H3,(H,21,23)(H,22,24). The van der Waals surface area contributed by atoms with Crippen LogP contribution < -0.4 is 15.6 Å². The molecular formula is C17H17N5O3S. The number of nitrogens with zero attached hydrogens (tertiary/aromatic N) is 3. The van der Waals surface area contributed by atoms with E-state index in [9.17, 15) is 9.59 Å². The van der Waals surface area contributed by atoms with Crippen molar-refractivity contribution in [1.29, 1.82) is 5.26 Å². The number of hydrogen-bond acceptors (Lipinski definition) is 7. The van der Waals surface area contributed by atoms with Crippen LogP contribution in [0.2, 0.25) is 0 Å². The van der Waals surface area contributed by atoms with Crippen molar-refractivity contribution in [3.05, 3.63) is 47.3 Å². The normalized spacial score (nSPS) is 9.88. The van der Waals surface area contributed by atoms with E-state index in [4.69, 9.17) is 10.00 Å². The van der Waals surface area contributed by atoms with Crippen LogP contribution in [0.15, 0.2) is 35.5 Å². The van der Waals surface area contributed by atoms with Gasteiger partial charge in [-0.1, -0.05) is 23.9 Å². The predicted octanol–water partition coefficient (Wildman–Crippen LogP) is 1.28. The molecule has 0 radical (unpaired) electrons. The number of ether oxygens (including phenoxy) is 1. The Kier molecular flexibility index (Phi) is 6.93. The van der Waals surface area contributed by atoms with E-state index in [0.717, 1.165) is 11.4 Å². The number of hydrazine groups is 1. The Hall–Kier alpha value is -3.12. The van der Waals surface area contributed by atoms with Crippen molar-refractivity contribution in [2.24, 2.45) is 0 Å². The largest absolute Gasteiger partial charge is 0.482 e. The van der Waals surface area contributed by atoms with Crippen LogP contribution in [0.4, 0.5) is 0 Å². The van der Waals surface area contributed by atoms with E-state index in [-0.39, 0.29) is 12.4 Å². The summed E-state index contributed by atoms with van der Waals surface area (Å²) < 4.78 is 5.27. The Balaban J connectivity index is 1.73. The van der Waals surface area contributed by atoms with Crippen LogP contribution in [-0.2, 0) is 9.59 Å². The molecule has 1 aromatic carbocycles. The highest BCUT2D eigenvalue weighted by Crippen LogP contribution is 2.16. The minimum Gasteiger partial charge on any atom is -0.482 e. The lowest BCUT2D eigenvalue weighted by Gasteiger charge is -2.09. The van der Waals surface area contributed by atoms with Gasteiger partial charge in [0, 0.05) is 11.4 Å². The summed E-state index contributed by atoms with van der Waals surface area (Å²) in [7, 11) is 0. The van der Waals surface area contributed by atoms with Crippen molar-refractivity contribution in [2.75, 3.05) is 12.4 Å². The van der Waals surface area contributed by atoms with Crippen molar-refractivity contribution in [1.82, 2.24) is 20.8 Å². The van der Waals surface area contributed by atoms with E-state index >= 15 is 0 Å². The van der Waals surface area contributed by atoms with Gasteiger partial charge in [-0.05, 0) is 32.0 Å². The van der Waals surface area contributed by atoms with E-state index in [1.807, 2.05) is 26.0 Å². The van der Waals surface area contributed by atoms with Crippen LogP contribution in [0.25, 0.3) is 0 Å². The highest BCUT2D eigenvalue weighted by Gasteiger charge is 2.09. The molecule has 0 aliphatic heterocycles. The summed E-state index contributed by atoms with van der Waals surface area (Å²) in [5, 5.41) is 9.45. The first-order valence-corrected chi connectivity index (χ1v) is 8.61. The number of nitrogens with one attached hydrogen (secondary N) is 2. The molecule has 0 saturated heterocycles. The highest BCUT2D eigenvalue weighted by molar-refractivity contribution is 7.99. The number of aryl methyl sites for hydroxylation is 2. The lowest BCUT2D eigenvalue weighted by molar-refractivity contribution is -0.128. The summed E-state index contributed by atoms with van der Waals surface area (Å²) in [6.07, 6.45) is 0. The second-order valence-corrected chi connectivity index (χ2v) is 6.16. The van der Waals surface area contributed by atoms with Gasteiger partial charge in [-0.3, -0.25) is 20.4 Å². The van der Waals surface area contributed by atoms with E-state index in [1.165, 1.54) is 11.8 Å². The van der Waals surface area contributed by atoms with Crippen LogP contribution in [-0.4, -0.2) is 34.1 Å². The maximum atomic E-state index is 11.8. The topological polar surface area (TPSA) is 117 Å². The van der Waals surface area contributed by atoms with Gasteiger partial charge in [0.2, 0.25) is 5.91 Å². The monoisotopic (exact) mass is 371 g/mol. The zero-order valence-corrected chi connectivity index (χ0v) is 15.1. The molecule has 0 unspecified atom stereocenters. The van der Waals surface area contributed by atoms with Crippen LogP contribution >= 0.6 is 11.8 Å². The van der Waals surface area contributed by atoms with Crippen molar-refractivity contribution in [2.45, 2.75) is 19.0 Å². The molecule has 26 heavy (non-hydrogen) atoms. The summed E-state index contributed by atoms with van der Waals surface area (Å²) in [6.45, 7) is 3.37. The maximum Gasteiger partial charge on any atom is 0.276 e. The average Bonchev–Trinajstić information content (AvgIpc) is 2.62. The highest BCUT2D eigenvalue weighted by atomic mass is 32.2. The van der Waals surface area contributed by atoms with Crippen LogP contribution in [0.5, 0.6) is 5.75 Å². The zero-order chi connectivity index (χ0) is 18.9. The minimum absolute atomic E-state index is 0.0568. The summed E-state index contributed by atoms with van der Waals surface area (Å²) in [6, 6.07) is 10.4. The fourth-order valence-corrected chi connectivity index (χ4v) is 2.68. The molecule has 134 valence electrons. The number of carbonyl (C=O) groups is 2. The first-order chi connectivity index (χ1) is 12.5. The third-order valence-corrected chi connectivity index (χ3v) is 3.85. The second kappa shape index (κ2) is 9.39. The second-order valence-electron chi connectivity index (χ2n) is 5.21. The van der Waals surface area contributed by atoms with E-state index in [2.05, 4.69) is 20.8 Å². The van der Waals surface area contributed by atoms with Gasteiger partial charge in [-0.2, -0.15) is 5.26 Å². The smallest absolute Gasteiger partial charge is 0.276 e. The number of carbonyl (C=O) groups excluding carboxylic acids is 2. The number of aromatic nitrogens is 2. The Morgan fingerprint density at radius 2 is 1.81 bits per heavy atom. The molecule has 2 N–H and O–H groups in total. The number of para-hydroxylation sites is 1. The van der Waals surface area contributed by atoms with Crippen molar-refractivity contribution < 1.29 is 14.3 Å². The van der Waals surface area contributed by atoms with Gasteiger partial charge in [0.1, 0.15) is 11.8 Å². The first kappa shape index (κ1) is 19.2. The Bertz CT molecular complexity index is 830. The fourth-order valence-electron chi connectivity index (χ4n) is 1.93. The van der Waals surface area contributed by atoms with E-state index < -0.39 is 11.8 Å². The molecule has 0 aliphatic rings. The molecule has 8 nitrogen and oxygen atoms in total. The van der Waals surface area contributed by atoms with E-state index in [1.54, 1.807) is 24.3 Å². The molecule has 0 saturated carbocycles. The summed E-state index contributed by atoms with van der Waals surface area (Å²) in [4.78, 5) is 31.9. The molecule has 2 rings (SSSR count). The van der Waals surface area contributed by atoms with Crippen LogP contribution in [0.1, 0.15) is 17.0 Å². The first-order valence-electron chi connectivity index (χ1n) is 7.62. The zero-order valence-electron chi connectivity index (χ0n) is 14.3. The van der Waals surface area contributed by atoms with Gasteiger partial charge < -0.3 is 4.74 Å². The molecular weight excluding hydrogens is 354 g/mol. The van der Waals surface area contributed by atoms with Gasteiger partial charge in [-0.15, -0.1) is 0 Å². The fraction of sp³-hybridized carbons (Fsp3) is 0.235. The van der Waals surface area contributed by atoms with Gasteiger partial charge in [0.15, 0.2) is 11.8 Å². The Morgan fingerprint density at radius 1 is 1.15 bits per heavy atom. The summed E-state index contributed by atoms with van der Waals surface area (Å²) in [5.74, 6) is -0.581. The number of hydrogen-bond donors (Lipinski definition) is 2. The SMILES string of the molecule is Cc1cc(C)nc(SCC(=O)NNC(=O)COc2ccccc2C#N)n1. The minimum atomic E-state index is -0.543. The molecule has 0 fully saturated rings. The van der Waals surface area contributed by atoms with Crippen molar-refractivity contribution >= 4 is 23.6 Å². The molecule has 0 bridgehead atoms. The summed E-state index contributed by atoms with van der Waals surface area (Å²) in [5.41, 5.74) is 6.51. The van der Waals surface area contributed by atoms with Crippen molar-refractivity contribution in [3.8, 4) is 11.8 Å². The molecule has 0 atom stereocenters. The molecule has 0 spiro atoms. The number of thioether (sulfide) groups is 1. The lowest BCUT2D eigenvalue weighted by atomic mass is 10.2. The van der Waals surface area contributed by atoms with Gasteiger partial charge in [-0.25, -0.2) is 9.97 Å². The molecule has 2 amide bonds. The lowest BCUT2D eigenvalue weighted by Crippen LogP contribution is -2.44. The quantitative estimate of drug-likeness (QED) is 0.446. The molecule has 2 aromatic rings. The Morgan fingerprint density at radius 3 is 2.50 bits per heavy atom. The maximum absolute atomic E-state index is 11.8. The number of rotatable bonds is 6. The number of nitriles is 1. The third-order valence-electron chi connectivity index (χ3n) is 3.00. The average molecular weight is 371 g/mol. The summed E-state index contributed by atoms with van der Waals surface area (Å²) >= 11 is 1.17. The van der Waals surface area contributed by atoms with E-state index in [0.29, 0.717) is 16.5 Å². The molecule has 0 aliphatic carbocycles. The predicted molar refractivity (Wildman–Crippen MR) is 95.2 cm³/mol. The van der Waals surface area contributed by atoms with Crippen LogP contribution in [0, 0.1) is 25.2 Å². The third kappa shape index (κ3) is 6.07. The molecule has 1 aromatic heterocycles. The Labute approximate surface area is 155 Å². The van der Waals surface area contributed by atoms with Crippen molar-refractivity contribution in [3.63, 3.8) is 0 Å². The number of amides is 2. The molecule has 9 heteroatoms.